The van der Waals surface area contributed by atoms with Crippen molar-refractivity contribution >= 4 is 18.8 Å². The maximum atomic E-state index is 5.67. The number of benzene rings is 1. The molecule has 78 valence electrons. The molecule has 0 spiro atoms. The van der Waals surface area contributed by atoms with Gasteiger partial charge in [-0.2, -0.15) is 0 Å². The first-order valence-corrected chi connectivity index (χ1v) is 9.22. The Morgan fingerprint density at radius 2 is 1.69 bits per heavy atom. The Kier molecular flexibility index (Phi) is 9.26. The first-order chi connectivity index (χ1) is 6.26. The molecule has 1 aromatic rings. The molecule has 2 nitrogen and oxygen atoms in total. The molecule has 0 radical (unpaired) electrons. The van der Waals surface area contributed by atoms with E-state index in [4.69, 9.17) is 30.3 Å². The fourth-order valence-corrected chi connectivity index (χ4v) is 0.836. The molecular weight excluding hydrogens is 390 g/mol. The zero-order valence-electron chi connectivity index (χ0n) is 6.90. The van der Waals surface area contributed by atoms with E-state index in [1.165, 1.54) is 0 Å². The molecule has 4 N–H and O–H groups in total. The van der Waals surface area contributed by atoms with E-state index in [0.29, 0.717) is 6.54 Å². The summed E-state index contributed by atoms with van der Waals surface area (Å²) in [5, 5.41) is 0. The van der Waals surface area contributed by atoms with Crippen LogP contribution in [0.2, 0.25) is 0 Å². The molecule has 0 aromatic heterocycles. The molecule has 0 bridgehead atoms. The quantitative estimate of drug-likeness (QED) is 0.796. The first-order valence-electron chi connectivity index (χ1n) is 3.59. The van der Waals surface area contributed by atoms with Gasteiger partial charge in [-0.15, -0.1) is 0 Å². The van der Waals surface area contributed by atoms with Crippen molar-refractivity contribution in [2.45, 2.75) is 6.04 Å². The van der Waals surface area contributed by atoms with E-state index in [-0.39, 0.29) is 6.04 Å². The average molecular weight is 402 g/mol. The van der Waals surface area contributed by atoms with Crippen molar-refractivity contribution in [1.29, 1.82) is 0 Å². The van der Waals surface area contributed by atoms with Gasteiger partial charge in [0.2, 0.25) is 0 Å². The van der Waals surface area contributed by atoms with Gasteiger partial charge >= 0.3 is 35.3 Å². The molecule has 1 atom stereocenters. The van der Waals surface area contributed by atoms with Gasteiger partial charge in [-0.25, -0.2) is 0 Å². The Labute approximate surface area is 95.0 Å². The van der Waals surface area contributed by atoms with E-state index in [9.17, 15) is 0 Å². The molecule has 1 aromatic carbocycles. The fraction of sp³-hybridized carbons (Fsp3) is 0.250. The van der Waals surface area contributed by atoms with E-state index in [1.807, 2.05) is 30.3 Å². The van der Waals surface area contributed by atoms with Crippen LogP contribution in [-0.4, -0.2) is 6.54 Å². The third-order valence-corrected chi connectivity index (χ3v) is 1.48. The summed E-state index contributed by atoms with van der Waals surface area (Å²) in [5.74, 6) is 0. The monoisotopic (exact) mass is 401 g/mol. The third kappa shape index (κ3) is 6.48. The molecule has 5 heteroatoms. The Bertz CT molecular complexity index is 209. The van der Waals surface area contributed by atoms with Gasteiger partial charge in [0.25, 0.3) is 0 Å². The Morgan fingerprint density at radius 3 is 2.08 bits per heavy atom. The molecule has 1 unspecified atom stereocenters. The average Bonchev–Trinajstić information content (AvgIpc) is 2.19. The molecule has 0 fully saturated rings. The van der Waals surface area contributed by atoms with Gasteiger partial charge < -0.3 is 11.5 Å². The minimum absolute atomic E-state index is 0.0128. The summed E-state index contributed by atoms with van der Waals surface area (Å²) >= 11 is -0.472. The van der Waals surface area contributed by atoms with Crippen molar-refractivity contribution in [2.75, 3.05) is 6.54 Å². The molecule has 1 rings (SSSR count). The minimum atomic E-state index is -0.472. The standard InChI is InChI=1S/C8H12N2.2ClH.Pt/c9-6-8(10)7-4-2-1-3-5-7;;;/h1-5,8H,6,9-10H2;2*1H;/q;;;+2/p-2. The summed E-state index contributed by atoms with van der Waals surface area (Å²) in [7, 11) is 9.75. The van der Waals surface area contributed by atoms with Crippen LogP contribution >= 0.6 is 18.8 Å². The first kappa shape index (κ1) is 13.4. The van der Waals surface area contributed by atoms with Crippen molar-refractivity contribution in [2.24, 2.45) is 11.5 Å². The number of hydrogen-bond donors (Lipinski definition) is 2. The van der Waals surface area contributed by atoms with E-state index in [2.05, 4.69) is 0 Å². The summed E-state index contributed by atoms with van der Waals surface area (Å²) in [6, 6.07) is 9.85. The maximum absolute atomic E-state index is 5.67. The molecule has 0 aliphatic heterocycles. The molecular formula is C8H12Cl2N2Pt. The number of rotatable bonds is 2. The second-order valence-corrected chi connectivity index (χ2v) is 5.58. The van der Waals surface area contributed by atoms with Crippen LogP contribution in [0.4, 0.5) is 0 Å². The van der Waals surface area contributed by atoms with Crippen LogP contribution in [0.5, 0.6) is 0 Å². The van der Waals surface area contributed by atoms with Gasteiger partial charge in [0.15, 0.2) is 0 Å². The van der Waals surface area contributed by atoms with E-state index < -0.39 is 16.5 Å². The predicted octanol–water partition coefficient (Wildman–Crippen LogP) is 2.02. The van der Waals surface area contributed by atoms with Gasteiger partial charge in [-0.05, 0) is 5.56 Å². The number of nitrogens with two attached hydrogens (primary N) is 2. The van der Waals surface area contributed by atoms with Crippen LogP contribution in [0, 0.1) is 0 Å². The Balaban J connectivity index is 0.000000424. The van der Waals surface area contributed by atoms with Crippen LogP contribution in [0.15, 0.2) is 30.3 Å². The molecule has 0 saturated carbocycles. The summed E-state index contributed by atoms with van der Waals surface area (Å²) < 4.78 is 0. The predicted molar refractivity (Wildman–Crippen MR) is 54.1 cm³/mol. The molecule has 0 aliphatic carbocycles. The van der Waals surface area contributed by atoms with Crippen molar-refractivity contribution in [3.8, 4) is 0 Å². The van der Waals surface area contributed by atoms with Gasteiger partial charge in [-0.3, -0.25) is 0 Å². The second-order valence-electron chi connectivity index (χ2n) is 2.30. The molecule has 0 saturated heterocycles. The van der Waals surface area contributed by atoms with E-state index in [0.717, 1.165) is 5.56 Å². The fourth-order valence-electron chi connectivity index (χ4n) is 0.836. The Hall–Kier alpha value is 0.408. The van der Waals surface area contributed by atoms with Crippen molar-refractivity contribution < 1.29 is 16.5 Å². The summed E-state index contributed by atoms with van der Waals surface area (Å²) in [4.78, 5) is 0. The number of hydrogen-bond acceptors (Lipinski definition) is 2. The van der Waals surface area contributed by atoms with Crippen LogP contribution in [-0.2, 0) is 16.5 Å². The topological polar surface area (TPSA) is 52.0 Å². The van der Waals surface area contributed by atoms with Gasteiger partial charge in [0.1, 0.15) is 0 Å². The van der Waals surface area contributed by atoms with Crippen molar-refractivity contribution in [3.63, 3.8) is 0 Å². The van der Waals surface area contributed by atoms with E-state index >= 15 is 0 Å². The summed E-state index contributed by atoms with van der Waals surface area (Å²) in [5.41, 5.74) is 12.2. The zero-order chi connectivity index (χ0) is 10.1. The van der Waals surface area contributed by atoms with E-state index in [1.54, 1.807) is 0 Å². The van der Waals surface area contributed by atoms with Crippen LogP contribution in [0.3, 0.4) is 0 Å². The Morgan fingerprint density at radius 1 is 1.23 bits per heavy atom. The zero-order valence-corrected chi connectivity index (χ0v) is 10.7. The van der Waals surface area contributed by atoms with Gasteiger partial charge in [-0.1, -0.05) is 30.3 Å². The molecule has 0 aliphatic rings. The van der Waals surface area contributed by atoms with Gasteiger partial charge in [0.05, 0.1) is 0 Å². The molecule has 0 heterocycles. The molecule has 13 heavy (non-hydrogen) atoms. The molecule has 0 amide bonds. The van der Waals surface area contributed by atoms with Crippen LogP contribution < -0.4 is 11.5 Å². The normalized spacial score (nSPS) is 11.7. The SMILES string of the molecule is NCC(N)c1ccccc1.[Cl][Pt][Cl]. The van der Waals surface area contributed by atoms with Crippen LogP contribution in [0.25, 0.3) is 0 Å². The van der Waals surface area contributed by atoms with Crippen molar-refractivity contribution in [3.05, 3.63) is 35.9 Å². The third-order valence-electron chi connectivity index (χ3n) is 1.48. The number of halogens is 2. The van der Waals surface area contributed by atoms with Crippen LogP contribution in [0.1, 0.15) is 11.6 Å². The van der Waals surface area contributed by atoms with Gasteiger partial charge in [0, 0.05) is 12.6 Å². The summed E-state index contributed by atoms with van der Waals surface area (Å²) in [6.07, 6.45) is 0. The summed E-state index contributed by atoms with van der Waals surface area (Å²) in [6.45, 7) is 0.504. The van der Waals surface area contributed by atoms with Crippen molar-refractivity contribution in [1.82, 2.24) is 0 Å². The second kappa shape index (κ2) is 8.98.